The van der Waals surface area contributed by atoms with Crippen molar-refractivity contribution in [2.45, 2.75) is 44.8 Å². The molecule has 0 aromatic heterocycles. The molecule has 3 aliphatic rings. The van der Waals surface area contributed by atoms with Gasteiger partial charge < -0.3 is 14.5 Å². The molecular formula is C19H26N2O2. The summed E-state index contributed by atoms with van der Waals surface area (Å²) in [5.74, 6) is 0. The van der Waals surface area contributed by atoms with Crippen LogP contribution in [0.25, 0.3) is 0 Å². The summed E-state index contributed by atoms with van der Waals surface area (Å²) in [6.45, 7) is 4.56. The van der Waals surface area contributed by atoms with Crippen LogP contribution in [-0.4, -0.2) is 48.1 Å². The van der Waals surface area contributed by atoms with Crippen LogP contribution in [0.1, 0.15) is 37.7 Å². The Balaban J connectivity index is 1.27. The summed E-state index contributed by atoms with van der Waals surface area (Å²) in [5.41, 5.74) is 1.41. The lowest BCUT2D eigenvalue weighted by molar-refractivity contribution is 0.0822. The van der Waals surface area contributed by atoms with Crippen molar-refractivity contribution < 1.29 is 9.53 Å². The molecule has 2 heterocycles. The molecule has 1 amide bonds. The number of benzene rings is 1. The van der Waals surface area contributed by atoms with Gasteiger partial charge in [-0.25, -0.2) is 4.79 Å². The molecule has 0 bridgehead atoms. The van der Waals surface area contributed by atoms with E-state index in [-0.39, 0.29) is 6.09 Å². The van der Waals surface area contributed by atoms with E-state index in [0.717, 1.165) is 31.1 Å². The molecule has 0 radical (unpaired) electrons. The average molecular weight is 314 g/mol. The average Bonchev–Trinajstić information content (AvgIpc) is 3.36. The van der Waals surface area contributed by atoms with Gasteiger partial charge in [-0.1, -0.05) is 30.3 Å². The fourth-order valence-corrected chi connectivity index (χ4v) is 4.11. The van der Waals surface area contributed by atoms with E-state index in [1.54, 1.807) is 0 Å². The normalized spacial score (nSPS) is 24.1. The van der Waals surface area contributed by atoms with Gasteiger partial charge in [0.1, 0.15) is 6.61 Å². The SMILES string of the molecule is O=C(OCc1ccccc1)N1CCC2(CCN(C3CC3)CC2)C1. The van der Waals surface area contributed by atoms with Crippen LogP contribution in [0.15, 0.2) is 30.3 Å². The molecule has 4 heteroatoms. The number of likely N-dealkylation sites (tertiary alicyclic amines) is 2. The third-order valence-corrected chi connectivity index (χ3v) is 5.82. The number of nitrogens with zero attached hydrogens (tertiary/aromatic N) is 2. The number of rotatable bonds is 3. The van der Waals surface area contributed by atoms with Crippen LogP contribution in [0.2, 0.25) is 0 Å². The summed E-state index contributed by atoms with van der Waals surface area (Å²) in [7, 11) is 0. The van der Waals surface area contributed by atoms with Crippen molar-refractivity contribution in [3.63, 3.8) is 0 Å². The maximum atomic E-state index is 12.3. The quantitative estimate of drug-likeness (QED) is 0.858. The molecule has 1 saturated carbocycles. The Hall–Kier alpha value is -1.55. The number of hydrogen-bond acceptors (Lipinski definition) is 3. The number of piperidine rings is 1. The van der Waals surface area contributed by atoms with E-state index in [9.17, 15) is 4.79 Å². The van der Waals surface area contributed by atoms with Gasteiger partial charge in [0.2, 0.25) is 0 Å². The lowest BCUT2D eigenvalue weighted by Gasteiger charge is -2.39. The summed E-state index contributed by atoms with van der Waals surface area (Å²) in [6.07, 6.45) is 6.27. The van der Waals surface area contributed by atoms with Gasteiger partial charge in [0.15, 0.2) is 0 Å². The lowest BCUT2D eigenvalue weighted by Crippen LogP contribution is -2.43. The Labute approximate surface area is 138 Å². The predicted octanol–water partition coefficient (Wildman–Crippen LogP) is 3.27. The van der Waals surface area contributed by atoms with Crippen LogP contribution in [0.4, 0.5) is 4.79 Å². The zero-order valence-electron chi connectivity index (χ0n) is 13.7. The van der Waals surface area contributed by atoms with Crippen molar-refractivity contribution >= 4 is 6.09 Å². The number of ether oxygens (including phenoxy) is 1. The van der Waals surface area contributed by atoms with E-state index in [1.165, 1.54) is 38.8 Å². The fraction of sp³-hybridized carbons (Fsp3) is 0.632. The Kier molecular flexibility index (Phi) is 4.02. The van der Waals surface area contributed by atoms with Gasteiger partial charge in [-0.2, -0.15) is 0 Å². The lowest BCUT2D eigenvalue weighted by atomic mass is 9.78. The van der Waals surface area contributed by atoms with E-state index in [2.05, 4.69) is 4.90 Å². The van der Waals surface area contributed by atoms with Gasteiger partial charge in [0.25, 0.3) is 0 Å². The van der Waals surface area contributed by atoms with Gasteiger partial charge in [-0.15, -0.1) is 0 Å². The van der Waals surface area contributed by atoms with Crippen LogP contribution >= 0.6 is 0 Å². The van der Waals surface area contributed by atoms with Crippen molar-refractivity contribution in [2.75, 3.05) is 26.2 Å². The molecule has 1 aliphatic carbocycles. The molecule has 0 unspecified atom stereocenters. The molecule has 124 valence electrons. The molecule has 4 nitrogen and oxygen atoms in total. The number of amides is 1. The van der Waals surface area contributed by atoms with E-state index in [1.807, 2.05) is 35.2 Å². The van der Waals surface area contributed by atoms with Gasteiger partial charge >= 0.3 is 6.09 Å². The summed E-state index contributed by atoms with van der Waals surface area (Å²) in [4.78, 5) is 16.9. The minimum atomic E-state index is -0.143. The maximum Gasteiger partial charge on any atom is 0.410 e. The molecule has 0 N–H and O–H groups in total. The zero-order chi connectivity index (χ0) is 15.7. The Bertz CT molecular complexity index is 548. The predicted molar refractivity (Wildman–Crippen MR) is 89.1 cm³/mol. The van der Waals surface area contributed by atoms with Crippen LogP contribution in [0.5, 0.6) is 0 Å². The Morgan fingerprint density at radius 1 is 1.09 bits per heavy atom. The smallest absolute Gasteiger partial charge is 0.410 e. The van der Waals surface area contributed by atoms with Crippen LogP contribution in [0, 0.1) is 5.41 Å². The molecule has 0 atom stereocenters. The van der Waals surface area contributed by atoms with Crippen molar-refractivity contribution in [3.05, 3.63) is 35.9 Å². The highest BCUT2D eigenvalue weighted by molar-refractivity contribution is 5.68. The van der Waals surface area contributed by atoms with E-state index in [0.29, 0.717) is 12.0 Å². The second-order valence-electron chi connectivity index (χ2n) is 7.48. The second kappa shape index (κ2) is 6.16. The first kappa shape index (κ1) is 15.0. The minimum absolute atomic E-state index is 0.143. The van der Waals surface area contributed by atoms with Crippen molar-refractivity contribution in [2.24, 2.45) is 5.41 Å². The van der Waals surface area contributed by atoms with Gasteiger partial charge in [-0.05, 0) is 56.2 Å². The van der Waals surface area contributed by atoms with E-state index >= 15 is 0 Å². The molecule has 2 saturated heterocycles. The van der Waals surface area contributed by atoms with Gasteiger partial charge in [0.05, 0.1) is 0 Å². The van der Waals surface area contributed by atoms with Crippen molar-refractivity contribution in [1.82, 2.24) is 9.80 Å². The Morgan fingerprint density at radius 2 is 1.78 bits per heavy atom. The molecule has 4 rings (SSSR count). The van der Waals surface area contributed by atoms with E-state index < -0.39 is 0 Å². The molecule has 23 heavy (non-hydrogen) atoms. The second-order valence-corrected chi connectivity index (χ2v) is 7.48. The topological polar surface area (TPSA) is 32.8 Å². The summed E-state index contributed by atoms with van der Waals surface area (Å²) in [6, 6.07) is 10.8. The van der Waals surface area contributed by atoms with Crippen LogP contribution in [-0.2, 0) is 11.3 Å². The highest BCUT2D eigenvalue weighted by atomic mass is 16.6. The first-order chi connectivity index (χ1) is 11.2. The molecule has 1 aromatic rings. The maximum absolute atomic E-state index is 12.3. The number of hydrogen-bond donors (Lipinski definition) is 0. The molecule has 1 spiro atoms. The molecule has 2 aliphatic heterocycles. The van der Waals surface area contributed by atoms with Gasteiger partial charge in [0, 0.05) is 19.1 Å². The highest BCUT2D eigenvalue weighted by Gasteiger charge is 2.44. The molecular weight excluding hydrogens is 288 g/mol. The Morgan fingerprint density at radius 3 is 2.48 bits per heavy atom. The first-order valence-electron chi connectivity index (χ1n) is 8.94. The van der Waals surface area contributed by atoms with Crippen LogP contribution in [0.3, 0.4) is 0 Å². The third kappa shape index (κ3) is 3.37. The fourth-order valence-electron chi connectivity index (χ4n) is 4.11. The van der Waals surface area contributed by atoms with Gasteiger partial charge in [-0.3, -0.25) is 0 Å². The number of carbonyl (C=O) groups excluding carboxylic acids is 1. The van der Waals surface area contributed by atoms with Crippen molar-refractivity contribution in [3.8, 4) is 0 Å². The summed E-state index contributed by atoms with van der Waals surface area (Å²) >= 11 is 0. The number of carbonyl (C=O) groups is 1. The minimum Gasteiger partial charge on any atom is -0.445 e. The van der Waals surface area contributed by atoms with Crippen LogP contribution < -0.4 is 0 Å². The van der Waals surface area contributed by atoms with Crippen molar-refractivity contribution in [1.29, 1.82) is 0 Å². The zero-order valence-corrected chi connectivity index (χ0v) is 13.7. The van der Waals surface area contributed by atoms with E-state index in [4.69, 9.17) is 4.74 Å². The largest absolute Gasteiger partial charge is 0.445 e. The monoisotopic (exact) mass is 314 g/mol. The molecule has 3 fully saturated rings. The first-order valence-corrected chi connectivity index (χ1v) is 8.94. The summed E-state index contributed by atoms with van der Waals surface area (Å²) in [5, 5.41) is 0. The standard InChI is InChI=1S/C19H26N2O2/c22-18(23-14-16-4-2-1-3-5-16)21-13-10-19(15-21)8-11-20(12-9-19)17-6-7-17/h1-5,17H,6-15H2. The highest BCUT2D eigenvalue weighted by Crippen LogP contribution is 2.42. The third-order valence-electron chi connectivity index (χ3n) is 5.82. The molecule has 1 aromatic carbocycles. The summed E-state index contributed by atoms with van der Waals surface area (Å²) < 4.78 is 5.49.